The van der Waals surface area contributed by atoms with Crippen LogP contribution in [-0.2, 0) is 41.4 Å². The van der Waals surface area contributed by atoms with E-state index in [-0.39, 0.29) is 30.4 Å². The molecule has 0 saturated carbocycles. The highest BCUT2D eigenvalue weighted by Gasteiger charge is 2.49. The number of nitrogens with one attached hydrogen (secondary N) is 2. The Morgan fingerprint density at radius 3 is 2.15 bits per heavy atom. The number of carbonyl (C=O) groups excluding carboxylic acids is 3. The van der Waals surface area contributed by atoms with Crippen LogP contribution in [0.4, 0.5) is 4.79 Å². The average Bonchev–Trinajstić information content (AvgIpc) is 3.00. The molecule has 1 unspecified atom stereocenters. The zero-order valence-corrected chi connectivity index (χ0v) is 25.2. The summed E-state index contributed by atoms with van der Waals surface area (Å²) in [4.78, 5) is 37.8. The normalized spacial score (nSPS) is 13.7. The van der Waals surface area contributed by atoms with Crippen molar-refractivity contribution in [2.45, 2.75) is 63.9 Å². The van der Waals surface area contributed by atoms with Crippen LogP contribution in [0.2, 0.25) is 0 Å². The van der Waals surface area contributed by atoms with Gasteiger partial charge in [-0.15, -0.1) is 0 Å². The Morgan fingerprint density at radius 1 is 0.951 bits per heavy atom. The lowest BCUT2D eigenvalue weighted by Gasteiger charge is -2.38. The SMILES string of the molecule is COC(=O)/C(=C/CCCCNC(=O)OCc1ccccc1)[C@](OC)(P=O)C(NC(=O)CCc1ccccc1)C(C)C. The molecule has 0 aliphatic heterocycles. The summed E-state index contributed by atoms with van der Waals surface area (Å²) in [5, 5.41) is 4.01. The number of rotatable bonds is 17. The Balaban J connectivity index is 2.01. The molecular weight excluding hydrogens is 543 g/mol. The molecule has 2 N–H and O–H groups in total. The van der Waals surface area contributed by atoms with Crippen molar-refractivity contribution in [3.8, 4) is 0 Å². The topological polar surface area (TPSA) is 120 Å². The Hall–Kier alpha value is -3.55. The molecule has 0 saturated heterocycles. The summed E-state index contributed by atoms with van der Waals surface area (Å²) in [5.41, 5.74) is 1.99. The molecular formula is C31H41N2O7P. The lowest BCUT2D eigenvalue weighted by molar-refractivity contribution is -0.139. The van der Waals surface area contributed by atoms with Crippen molar-refractivity contribution < 1.29 is 33.2 Å². The molecule has 0 fully saturated rings. The first-order chi connectivity index (χ1) is 19.8. The molecule has 0 aliphatic rings. The monoisotopic (exact) mass is 584 g/mol. The van der Waals surface area contributed by atoms with Gasteiger partial charge in [0.05, 0.1) is 18.7 Å². The van der Waals surface area contributed by atoms with Gasteiger partial charge in [-0.1, -0.05) is 80.6 Å². The van der Waals surface area contributed by atoms with Crippen LogP contribution in [-0.4, -0.2) is 50.1 Å². The fourth-order valence-corrected chi connectivity index (χ4v) is 5.21. The molecule has 2 aromatic carbocycles. The first kappa shape index (κ1) is 33.7. The van der Waals surface area contributed by atoms with Gasteiger partial charge in [-0.2, -0.15) is 0 Å². The van der Waals surface area contributed by atoms with Crippen LogP contribution in [0.1, 0.15) is 50.7 Å². The number of methoxy groups -OCH3 is 2. The van der Waals surface area contributed by atoms with E-state index in [1.807, 2.05) is 74.5 Å². The van der Waals surface area contributed by atoms with E-state index in [0.717, 1.165) is 11.1 Å². The summed E-state index contributed by atoms with van der Waals surface area (Å²) in [7, 11) is 2.11. The van der Waals surface area contributed by atoms with Crippen molar-refractivity contribution in [3.05, 3.63) is 83.4 Å². The number of carbonyl (C=O) groups is 3. The number of alkyl carbamates (subject to hydrolysis) is 1. The number of hydrogen-bond acceptors (Lipinski definition) is 7. The summed E-state index contributed by atoms with van der Waals surface area (Å²) >= 11 is 0. The van der Waals surface area contributed by atoms with Crippen molar-refractivity contribution >= 4 is 26.4 Å². The van der Waals surface area contributed by atoms with E-state index in [1.165, 1.54) is 14.2 Å². The maximum Gasteiger partial charge on any atom is 0.407 e. The number of unbranched alkanes of at least 4 members (excludes halogenated alkanes) is 2. The highest BCUT2D eigenvalue weighted by molar-refractivity contribution is 7.26. The third kappa shape index (κ3) is 10.7. The fraction of sp³-hybridized carbons (Fsp3) is 0.452. The molecule has 0 radical (unpaired) electrons. The molecule has 0 spiro atoms. The van der Waals surface area contributed by atoms with Gasteiger partial charge in [0.25, 0.3) is 0 Å². The van der Waals surface area contributed by atoms with Crippen LogP contribution >= 0.6 is 8.46 Å². The van der Waals surface area contributed by atoms with E-state index in [0.29, 0.717) is 32.2 Å². The van der Waals surface area contributed by atoms with E-state index in [4.69, 9.17) is 14.2 Å². The van der Waals surface area contributed by atoms with Gasteiger partial charge in [0.2, 0.25) is 5.91 Å². The maximum absolute atomic E-state index is 12.9. The number of amides is 2. The molecule has 0 aromatic heterocycles. The highest BCUT2D eigenvalue weighted by atomic mass is 31.1. The zero-order chi connectivity index (χ0) is 30.1. The molecule has 0 bridgehead atoms. The van der Waals surface area contributed by atoms with E-state index < -0.39 is 31.9 Å². The second-order valence-corrected chi connectivity index (χ2v) is 10.7. The zero-order valence-electron chi connectivity index (χ0n) is 24.3. The summed E-state index contributed by atoms with van der Waals surface area (Å²) in [5.74, 6) is -1.16. The predicted octanol–water partition coefficient (Wildman–Crippen LogP) is 5.59. The minimum atomic E-state index is -1.65. The largest absolute Gasteiger partial charge is 0.466 e. The van der Waals surface area contributed by atoms with Crippen LogP contribution in [0.15, 0.2) is 72.3 Å². The maximum atomic E-state index is 12.9. The minimum Gasteiger partial charge on any atom is -0.466 e. The van der Waals surface area contributed by atoms with Gasteiger partial charge in [0.15, 0.2) is 13.8 Å². The number of hydrogen-bond donors (Lipinski definition) is 2. The Labute approximate surface area is 244 Å². The van der Waals surface area contributed by atoms with Gasteiger partial charge in [-0.3, -0.25) is 9.36 Å². The van der Waals surface area contributed by atoms with E-state index in [2.05, 4.69) is 10.6 Å². The van der Waals surface area contributed by atoms with Crippen molar-refractivity contribution in [2.75, 3.05) is 20.8 Å². The Kier molecular flexibility index (Phi) is 14.8. The molecule has 2 rings (SSSR count). The van der Waals surface area contributed by atoms with Crippen LogP contribution in [0.5, 0.6) is 0 Å². The van der Waals surface area contributed by atoms with Gasteiger partial charge in [0, 0.05) is 20.1 Å². The van der Waals surface area contributed by atoms with Crippen LogP contribution in [0.3, 0.4) is 0 Å². The van der Waals surface area contributed by atoms with Gasteiger partial charge in [-0.05, 0) is 42.7 Å². The van der Waals surface area contributed by atoms with Gasteiger partial charge in [-0.25, -0.2) is 9.59 Å². The van der Waals surface area contributed by atoms with Gasteiger partial charge >= 0.3 is 12.1 Å². The van der Waals surface area contributed by atoms with E-state index in [9.17, 15) is 18.9 Å². The second kappa shape index (κ2) is 18.0. The van der Waals surface area contributed by atoms with Crippen molar-refractivity contribution in [2.24, 2.45) is 5.92 Å². The summed E-state index contributed by atoms with van der Waals surface area (Å²) in [6.45, 7) is 4.29. The lowest BCUT2D eigenvalue weighted by atomic mass is 9.90. The van der Waals surface area contributed by atoms with Crippen molar-refractivity contribution in [1.29, 1.82) is 0 Å². The minimum absolute atomic E-state index is 0.0662. The number of esters is 1. The fourth-order valence-electron chi connectivity index (χ4n) is 4.38. The molecule has 10 heteroatoms. The first-order valence-corrected chi connectivity index (χ1v) is 14.5. The molecule has 2 aromatic rings. The van der Waals surface area contributed by atoms with Gasteiger partial charge in [0.1, 0.15) is 6.61 Å². The Morgan fingerprint density at radius 2 is 1.59 bits per heavy atom. The highest BCUT2D eigenvalue weighted by Crippen LogP contribution is 2.40. The molecule has 9 nitrogen and oxygen atoms in total. The summed E-state index contributed by atoms with van der Waals surface area (Å²) in [6, 6.07) is 18.3. The predicted molar refractivity (Wildman–Crippen MR) is 157 cm³/mol. The van der Waals surface area contributed by atoms with Crippen LogP contribution in [0, 0.1) is 5.92 Å². The Bertz CT molecular complexity index is 1140. The molecule has 2 atom stereocenters. The molecule has 2 amide bonds. The average molecular weight is 585 g/mol. The third-order valence-corrected chi connectivity index (χ3v) is 7.56. The van der Waals surface area contributed by atoms with Crippen LogP contribution in [0.25, 0.3) is 0 Å². The molecule has 41 heavy (non-hydrogen) atoms. The number of allylic oxidation sites excluding steroid dienone is 1. The number of benzene rings is 2. The van der Waals surface area contributed by atoms with Crippen molar-refractivity contribution in [3.63, 3.8) is 0 Å². The van der Waals surface area contributed by atoms with Gasteiger partial charge < -0.3 is 24.8 Å². The van der Waals surface area contributed by atoms with Crippen LogP contribution < -0.4 is 10.6 Å². The second-order valence-electron chi connectivity index (χ2n) is 9.86. The summed E-state index contributed by atoms with van der Waals surface area (Å²) < 4.78 is 28.7. The third-order valence-electron chi connectivity index (χ3n) is 6.59. The molecule has 222 valence electrons. The first-order valence-electron chi connectivity index (χ1n) is 13.7. The lowest BCUT2D eigenvalue weighted by Crippen LogP contribution is -2.55. The molecule has 0 aliphatic carbocycles. The molecule has 0 heterocycles. The number of aryl methyl sites for hydroxylation is 1. The number of ether oxygens (including phenoxy) is 3. The van der Waals surface area contributed by atoms with Crippen molar-refractivity contribution in [1.82, 2.24) is 10.6 Å². The van der Waals surface area contributed by atoms with E-state index >= 15 is 0 Å². The quantitative estimate of drug-likeness (QED) is 0.108. The summed E-state index contributed by atoms with van der Waals surface area (Å²) in [6.07, 6.45) is 3.56. The van der Waals surface area contributed by atoms with E-state index in [1.54, 1.807) is 6.08 Å². The smallest absolute Gasteiger partial charge is 0.407 e. The standard InChI is InChI=1S/C31H41N2O7P/c1-23(2)28(33-27(34)20-19-24-14-8-5-9-15-24)31(39-4,41-37)26(29(35)38-3)18-12-7-13-21-32-30(36)40-22-25-16-10-6-11-17-25/h5-6,8-11,14-18,23,28H,7,12-13,19-22H2,1-4H3,(H,32,36)(H,33,34)/b26-18-/t28?,31-/m0/s1.